The van der Waals surface area contributed by atoms with E-state index in [9.17, 15) is 4.79 Å². The van der Waals surface area contributed by atoms with Crippen molar-refractivity contribution in [2.45, 2.75) is 26.3 Å². The van der Waals surface area contributed by atoms with E-state index in [2.05, 4.69) is 15.6 Å². The van der Waals surface area contributed by atoms with E-state index in [1.807, 2.05) is 17.7 Å². The number of nitrogens with one attached hydrogen (secondary N) is 2. The number of nitrogens with zero attached hydrogens (tertiary/aromatic N) is 2. The van der Waals surface area contributed by atoms with Crippen LogP contribution in [0.5, 0.6) is 0 Å². The molecular weight excluding hydrogens is 287 g/mol. The SMILES string of the molecule is CC1(C(=O)NCCn2ccnc2)CCCNC1.Cl.Cl. The minimum Gasteiger partial charge on any atom is -0.354 e. The van der Waals surface area contributed by atoms with Gasteiger partial charge in [0.15, 0.2) is 0 Å². The molecule has 2 N–H and O–H groups in total. The molecule has 0 radical (unpaired) electrons. The number of rotatable bonds is 4. The monoisotopic (exact) mass is 308 g/mol. The second-order valence-electron chi connectivity index (χ2n) is 4.90. The number of hydrogen-bond acceptors (Lipinski definition) is 3. The van der Waals surface area contributed by atoms with E-state index in [-0.39, 0.29) is 36.1 Å². The lowest BCUT2D eigenvalue weighted by Gasteiger charge is -2.32. The number of carbonyl (C=O) groups excluding carboxylic acids is 1. The molecule has 0 spiro atoms. The average Bonchev–Trinajstić information content (AvgIpc) is 2.83. The molecule has 19 heavy (non-hydrogen) atoms. The molecule has 0 bridgehead atoms. The zero-order valence-corrected chi connectivity index (χ0v) is 12.7. The number of carbonyl (C=O) groups is 1. The first-order valence-corrected chi connectivity index (χ1v) is 6.15. The van der Waals surface area contributed by atoms with Crippen molar-refractivity contribution in [1.82, 2.24) is 20.2 Å². The molecule has 1 aromatic heterocycles. The third-order valence-corrected chi connectivity index (χ3v) is 3.36. The molecule has 1 aromatic rings. The van der Waals surface area contributed by atoms with Crippen molar-refractivity contribution in [2.24, 2.45) is 5.41 Å². The van der Waals surface area contributed by atoms with Crippen LogP contribution in [0.15, 0.2) is 18.7 Å². The molecule has 5 nitrogen and oxygen atoms in total. The predicted octanol–water partition coefficient (Wildman–Crippen LogP) is 1.23. The summed E-state index contributed by atoms with van der Waals surface area (Å²) in [5, 5.41) is 6.29. The summed E-state index contributed by atoms with van der Waals surface area (Å²) in [4.78, 5) is 16.0. The Morgan fingerprint density at radius 2 is 2.32 bits per heavy atom. The number of aromatic nitrogens is 2. The third-order valence-electron chi connectivity index (χ3n) is 3.36. The van der Waals surface area contributed by atoms with E-state index in [1.54, 1.807) is 12.5 Å². The van der Waals surface area contributed by atoms with Crippen molar-refractivity contribution in [3.63, 3.8) is 0 Å². The maximum Gasteiger partial charge on any atom is 0.227 e. The van der Waals surface area contributed by atoms with Crippen molar-refractivity contribution < 1.29 is 4.79 Å². The standard InChI is InChI=1S/C12H20N4O.2ClH/c1-12(3-2-4-13-9-12)11(17)15-6-8-16-7-5-14-10-16;;/h5,7,10,13H,2-4,6,8-9H2,1H3,(H,15,17);2*1H. The van der Waals surface area contributed by atoms with Crippen molar-refractivity contribution in [2.75, 3.05) is 19.6 Å². The summed E-state index contributed by atoms with van der Waals surface area (Å²) in [6.07, 6.45) is 7.45. The maximum absolute atomic E-state index is 12.1. The van der Waals surface area contributed by atoms with Crippen molar-refractivity contribution >= 4 is 30.7 Å². The van der Waals surface area contributed by atoms with Gasteiger partial charge in [-0.2, -0.15) is 0 Å². The van der Waals surface area contributed by atoms with Gasteiger partial charge in [-0.15, -0.1) is 24.8 Å². The van der Waals surface area contributed by atoms with Crippen LogP contribution in [0.25, 0.3) is 0 Å². The average molecular weight is 309 g/mol. The van der Waals surface area contributed by atoms with Crippen molar-refractivity contribution in [3.8, 4) is 0 Å². The van der Waals surface area contributed by atoms with E-state index in [1.165, 1.54) is 0 Å². The van der Waals surface area contributed by atoms with Gasteiger partial charge in [0.05, 0.1) is 11.7 Å². The lowest BCUT2D eigenvalue weighted by Crippen LogP contribution is -2.49. The largest absolute Gasteiger partial charge is 0.354 e. The summed E-state index contributed by atoms with van der Waals surface area (Å²) in [7, 11) is 0. The molecule has 1 fully saturated rings. The van der Waals surface area contributed by atoms with Gasteiger partial charge in [0.25, 0.3) is 0 Å². The van der Waals surface area contributed by atoms with Crippen LogP contribution >= 0.6 is 24.8 Å². The van der Waals surface area contributed by atoms with Crippen LogP contribution in [0, 0.1) is 5.41 Å². The van der Waals surface area contributed by atoms with Gasteiger partial charge >= 0.3 is 0 Å². The normalized spacial score (nSPS) is 21.9. The Balaban J connectivity index is 0.00000162. The first-order chi connectivity index (χ1) is 8.21. The van der Waals surface area contributed by atoms with Crippen LogP contribution in [-0.4, -0.2) is 35.1 Å². The van der Waals surface area contributed by atoms with E-state index < -0.39 is 0 Å². The maximum atomic E-state index is 12.1. The van der Waals surface area contributed by atoms with E-state index in [0.717, 1.165) is 32.5 Å². The Hall–Kier alpha value is -0.780. The highest BCUT2D eigenvalue weighted by Crippen LogP contribution is 2.25. The summed E-state index contributed by atoms with van der Waals surface area (Å²) in [5.41, 5.74) is -0.243. The summed E-state index contributed by atoms with van der Waals surface area (Å²) in [6, 6.07) is 0. The molecule has 2 rings (SSSR count). The van der Waals surface area contributed by atoms with Crippen LogP contribution in [0.1, 0.15) is 19.8 Å². The van der Waals surface area contributed by atoms with Crippen LogP contribution in [-0.2, 0) is 11.3 Å². The molecule has 2 heterocycles. The van der Waals surface area contributed by atoms with Crippen molar-refractivity contribution in [1.29, 1.82) is 0 Å². The van der Waals surface area contributed by atoms with Gasteiger partial charge in [0.1, 0.15) is 0 Å². The first-order valence-electron chi connectivity index (χ1n) is 6.15. The molecule has 0 aromatic carbocycles. The number of halogens is 2. The second-order valence-corrected chi connectivity index (χ2v) is 4.90. The van der Waals surface area contributed by atoms with Crippen LogP contribution < -0.4 is 10.6 Å². The lowest BCUT2D eigenvalue weighted by atomic mass is 9.82. The summed E-state index contributed by atoms with van der Waals surface area (Å²) in [6.45, 7) is 5.27. The smallest absolute Gasteiger partial charge is 0.227 e. The lowest BCUT2D eigenvalue weighted by molar-refractivity contribution is -0.131. The second kappa shape index (κ2) is 8.40. The Morgan fingerprint density at radius 3 is 2.89 bits per heavy atom. The van der Waals surface area contributed by atoms with E-state index >= 15 is 0 Å². The molecule has 1 amide bonds. The molecule has 1 aliphatic heterocycles. The Bertz CT molecular complexity index is 364. The third kappa shape index (κ3) is 5.01. The number of imidazole rings is 1. The quantitative estimate of drug-likeness (QED) is 0.879. The Morgan fingerprint density at radius 1 is 1.53 bits per heavy atom. The number of amides is 1. The highest BCUT2D eigenvalue weighted by Gasteiger charge is 2.34. The van der Waals surface area contributed by atoms with Gasteiger partial charge in [-0.1, -0.05) is 0 Å². The fraction of sp³-hybridized carbons (Fsp3) is 0.667. The molecule has 0 aliphatic carbocycles. The van der Waals surface area contributed by atoms with Crippen molar-refractivity contribution in [3.05, 3.63) is 18.7 Å². The minimum atomic E-state index is -0.243. The molecule has 110 valence electrons. The molecule has 1 saturated heterocycles. The topological polar surface area (TPSA) is 59.0 Å². The highest BCUT2D eigenvalue weighted by atomic mass is 35.5. The molecular formula is C12H22Cl2N4O. The zero-order chi connectivity index (χ0) is 12.1. The van der Waals surface area contributed by atoms with Crippen LogP contribution in [0.3, 0.4) is 0 Å². The van der Waals surface area contributed by atoms with Gasteiger partial charge in [-0.25, -0.2) is 4.98 Å². The Kier molecular flexibility index (Phi) is 8.06. The van der Waals surface area contributed by atoms with Gasteiger partial charge in [0, 0.05) is 32.0 Å². The van der Waals surface area contributed by atoms with Gasteiger partial charge < -0.3 is 15.2 Å². The molecule has 1 aliphatic rings. The molecule has 0 saturated carbocycles. The number of hydrogen-bond donors (Lipinski definition) is 2. The summed E-state index contributed by atoms with van der Waals surface area (Å²) < 4.78 is 1.96. The minimum absolute atomic E-state index is 0. The fourth-order valence-electron chi connectivity index (χ4n) is 2.18. The van der Waals surface area contributed by atoms with Crippen LogP contribution in [0.4, 0.5) is 0 Å². The van der Waals surface area contributed by atoms with E-state index in [0.29, 0.717) is 6.54 Å². The van der Waals surface area contributed by atoms with Gasteiger partial charge in [-0.05, 0) is 26.3 Å². The van der Waals surface area contributed by atoms with Gasteiger partial charge in [0.2, 0.25) is 5.91 Å². The molecule has 7 heteroatoms. The zero-order valence-electron chi connectivity index (χ0n) is 11.1. The highest BCUT2D eigenvalue weighted by molar-refractivity contribution is 5.85. The van der Waals surface area contributed by atoms with Gasteiger partial charge in [-0.3, -0.25) is 4.79 Å². The predicted molar refractivity (Wildman–Crippen MR) is 79.9 cm³/mol. The summed E-state index contributed by atoms with van der Waals surface area (Å²) in [5.74, 6) is 0.157. The molecule has 1 unspecified atom stereocenters. The van der Waals surface area contributed by atoms with E-state index in [4.69, 9.17) is 0 Å². The summed E-state index contributed by atoms with van der Waals surface area (Å²) >= 11 is 0. The number of piperidine rings is 1. The Labute approximate surface area is 126 Å². The van der Waals surface area contributed by atoms with Crippen LogP contribution in [0.2, 0.25) is 0 Å². The first kappa shape index (κ1) is 18.2. The fourth-order valence-corrected chi connectivity index (χ4v) is 2.18. The molecule has 1 atom stereocenters.